The summed E-state index contributed by atoms with van der Waals surface area (Å²) in [6, 6.07) is 10.2. The first kappa shape index (κ1) is 19.4. The summed E-state index contributed by atoms with van der Waals surface area (Å²) in [5, 5.41) is 19.7. The van der Waals surface area contributed by atoms with Crippen LogP contribution in [0.1, 0.15) is 28.0 Å². The van der Waals surface area contributed by atoms with E-state index in [4.69, 9.17) is 0 Å². The summed E-state index contributed by atoms with van der Waals surface area (Å²) in [6.45, 7) is 3.36. The lowest BCUT2D eigenvalue weighted by Crippen LogP contribution is -2.15. The number of hydrogen-bond acceptors (Lipinski definition) is 4. The van der Waals surface area contributed by atoms with Gasteiger partial charge in [0.25, 0.3) is 5.91 Å². The summed E-state index contributed by atoms with van der Waals surface area (Å²) >= 11 is 0. The van der Waals surface area contributed by atoms with Gasteiger partial charge in [0.2, 0.25) is 5.91 Å². The van der Waals surface area contributed by atoms with Crippen LogP contribution in [-0.2, 0) is 17.6 Å². The molecule has 4 rings (SSSR count). The molecule has 3 aromatic rings. The number of aromatic hydroxyl groups is 1. The van der Waals surface area contributed by atoms with Crippen LogP contribution in [0.15, 0.2) is 55.1 Å². The Morgan fingerprint density at radius 1 is 1.13 bits per heavy atom. The van der Waals surface area contributed by atoms with Gasteiger partial charge < -0.3 is 15.7 Å². The Labute approximate surface area is 171 Å². The van der Waals surface area contributed by atoms with Crippen LogP contribution in [0.5, 0.6) is 5.75 Å². The number of phenols is 1. The number of benzene rings is 2. The van der Waals surface area contributed by atoms with E-state index in [1.54, 1.807) is 16.8 Å². The lowest BCUT2D eigenvalue weighted by Gasteiger charge is -2.09. The van der Waals surface area contributed by atoms with Gasteiger partial charge in [-0.05, 0) is 67.8 Å². The number of hydrogen-bond donors (Lipinski definition) is 3. The number of carbonyl (C=O) groups excluding carboxylic acids is 2. The second kappa shape index (κ2) is 7.82. The molecule has 8 heteroatoms. The Hall–Kier alpha value is -3.94. The van der Waals surface area contributed by atoms with Gasteiger partial charge in [0.05, 0.1) is 11.4 Å². The molecule has 1 aliphatic carbocycles. The van der Waals surface area contributed by atoms with Crippen molar-refractivity contribution >= 4 is 23.3 Å². The third-order valence-electron chi connectivity index (χ3n) is 4.94. The zero-order valence-electron chi connectivity index (χ0n) is 16.0. The average molecular weight is 406 g/mol. The van der Waals surface area contributed by atoms with Crippen LogP contribution in [0.3, 0.4) is 0 Å². The summed E-state index contributed by atoms with van der Waals surface area (Å²) in [6.07, 6.45) is 3.60. The van der Waals surface area contributed by atoms with Crippen LogP contribution in [0.4, 0.5) is 15.9 Å². The molecular weight excluding hydrogens is 387 g/mol. The van der Waals surface area contributed by atoms with Crippen molar-refractivity contribution in [1.29, 1.82) is 0 Å². The molecule has 0 bridgehead atoms. The van der Waals surface area contributed by atoms with Crippen molar-refractivity contribution < 1.29 is 19.1 Å². The Morgan fingerprint density at radius 2 is 1.90 bits per heavy atom. The quantitative estimate of drug-likeness (QED) is 0.446. The van der Waals surface area contributed by atoms with Gasteiger partial charge in [-0.2, -0.15) is 0 Å². The molecule has 0 radical (unpaired) electrons. The average Bonchev–Trinajstić information content (AvgIpc) is 3.34. The van der Waals surface area contributed by atoms with Gasteiger partial charge in [-0.3, -0.25) is 9.59 Å². The van der Waals surface area contributed by atoms with Crippen LogP contribution < -0.4 is 10.6 Å². The lowest BCUT2D eigenvalue weighted by molar-refractivity contribution is -0.111. The highest BCUT2D eigenvalue weighted by molar-refractivity contribution is 6.06. The molecule has 1 aliphatic rings. The van der Waals surface area contributed by atoms with Gasteiger partial charge in [-0.15, -0.1) is 5.10 Å². The first-order chi connectivity index (χ1) is 14.5. The normalized spacial score (nSPS) is 12.3. The van der Waals surface area contributed by atoms with Crippen LogP contribution in [0.2, 0.25) is 0 Å². The van der Waals surface area contributed by atoms with E-state index in [9.17, 15) is 19.1 Å². The number of anilines is 2. The van der Waals surface area contributed by atoms with Gasteiger partial charge in [-0.1, -0.05) is 6.58 Å². The number of fused-ring (bicyclic) bond motifs is 1. The highest BCUT2D eigenvalue weighted by Crippen LogP contribution is 2.31. The van der Waals surface area contributed by atoms with Crippen LogP contribution in [-0.4, -0.2) is 26.7 Å². The number of rotatable bonds is 5. The molecule has 152 valence electrons. The van der Waals surface area contributed by atoms with Crippen LogP contribution in [0, 0.1) is 5.82 Å². The largest absolute Gasteiger partial charge is 0.506 e. The van der Waals surface area contributed by atoms with E-state index < -0.39 is 11.8 Å². The summed E-state index contributed by atoms with van der Waals surface area (Å²) < 4.78 is 15.0. The van der Waals surface area contributed by atoms with E-state index in [2.05, 4.69) is 22.3 Å². The standard InChI is InChI=1S/C22H19FN4O3/c1-2-20(29)24-17-12-13(6-11-19(17)28)22(30)25-21-16-4-3-5-18(16)27(26-21)15-9-7-14(23)8-10-15/h2,6-12,28H,1,3-5H2,(H,24,29)(H,25,26,30). The molecule has 0 atom stereocenters. The second-order valence-electron chi connectivity index (χ2n) is 6.90. The predicted molar refractivity (Wildman–Crippen MR) is 110 cm³/mol. The van der Waals surface area contributed by atoms with E-state index >= 15 is 0 Å². The first-order valence-electron chi connectivity index (χ1n) is 9.41. The molecule has 3 N–H and O–H groups in total. The van der Waals surface area contributed by atoms with Gasteiger partial charge in [0.1, 0.15) is 11.6 Å². The molecule has 0 fully saturated rings. The zero-order chi connectivity index (χ0) is 21.3. The fourth-order valence-corrected chi connectivity index (χ4v) is 3.47. The van der Waals surface area contributed by atoms with E-state index in [0.717, 1.165) is 36.6 Å². The molecule has 1 aromatic heterocycles. The summed E-state index contributed by atoms with van der Waals surface area (Å²) in [5.74, 6) is -0.978. The maximum atomic E-state index is 13.3. The number of carbonyl (C=O) groups is 2. The van der Waals surface area contributed by atoms with Crippen LogP contribution in [0.25, 0.3) is 5.69 Å². The maximum absolute atomic E-state index is 13.3. The zero-order valence-corrected chi connectivity index (χ0v) is 16.0. The molecule has 2 aromatic carbocycles. The molecule has 0 saturated carbocycles. The highest BCUT2D eigenvalue weighted by Gasteiger charge is 2.25. The maximum Gasteiger partial charge on any atom is 0.256 e. The van der Waals surface area contributed by atoms with Gasteiger partial charge in [0, 0.05) is 16.8 Å². The molecule has 0 spiro atoms. The molecule has 2 amide bonds. The molecule has 0 saturated heterocycles. The Balaban J connectivity index is 1.62. The third-order valence-corrected chi connectivity index (χ3v) is 4.94. The molecule has 30 heavy (non-hydrogen) atoms. The van der Waals surface area contributed by atoms with E-state index in [1.165, 1.54) is 30.3 Å². The number of aromatic nitrogens is 2. The molecule has 1 heterocycles. The third kappa shape index (κ3) is 3.67. The monoisotopic (exact) mass is 406 g/mol. The number of phenolic OH excluding ortho intramolecular Hbond substituents is 1. The van der Waals surface area contributed by atoms with Crippen molar-refractivity contribution in [3.05, 3.63) is 77.8 Å². The number of halogens is 1. The fraction of sp³-hybridized carbons (Fsp3) is 0.136. The fourth-order valence-electron chi connectivity index (χ4n) is 3.47. The summed E-state index contributed by atoms with van der Waals surface area (Å²) in [5.41, 5.74) is 3.01. The number of nitrogens with zero attached hydrogens (tertiary/aromatic N) is 2. The van der Waals surface area contributed by atoms with E-state index in [0.29, 0.717) is 11.5 Å². The van der Waals surface area contributed by atoms with E-state index in [1.807, 2.05) is 0 Å². The minimum Gasteiger partial charge on any atom is -0.506 e. The van der Waals surface area contributed by atoms with Crippen LogP contribution >= 0.6 is 0 Å². The Kier molecular flexibility index (Phi) is 5.05. The molecule has 0 aliphatic heterocycles. The minimum absolute atomic E-state index is 0.106. The van der Waals surface area contributed by atoms with Crippen molar-refractivity contribution in [2.75, 3.05) is 10.6 Å². The van der Waals surface area contributed by atoms with Gasteiger partial charge in [0.15, 0.2) is 5.82 Å². The van der Waals surface area contributed by atoms with Gasteiger partial charge >= 0.3 is 0 Å². The highest BCUT2D eigenvalue weighted by atomic mass is 19.1. The first-order valence-corrected chi connectivity index (χ1v) is 9.41. The lowest BCUT2D eigenvalue weighted by atomic mass is 10.1. The number of amides is 2. The molecule has 7 nitrogen and oxygen atoms in total. The van der Waals surface area contributed by atoms with Crippen molar-refractivity contribution in [2.24, 2.45) is 0 Å². The second-order valence-corrected chi connectivity index (χ2v) is 6.90. The van der Waals surface area contributed by atoms with E-state index in [-0.39, 0.29) is 22.8 Å². The van der Waals surface area contributed by atoms with Crippen molar-refractivity contribution in [3.8, 4) is 11.4 Å². The Morgan fingerprint density at radius 3 is 2.63 bits per heavy atom. The van der Waals surface area contributed by atoms with Gasteiger partial charge in [-0.25, -0.2) is 9.07 Å². The van der Waals surface area contributed by atoms with Crippen molar-refractivity contribution in [3.63, 3.8) is 0 Å². The molecule has 0 unspecified atom stereocenters. The van der Waals surface area contributed by atoms with Crippen molar-refractivity contribution in [1.82, 2.24) is 9.78 Å². The predicted octanol–water partition coefficient (Wildman–Crippen LogP) is 3.58. The Bertz CT molecular complexity index is 1150. The number of nitrogens with one attached hydrogen (secondary N) is 2. The SMILES string of the molecule is C=CC(=O)Nc1cc(C(=O)Nc2nn(-c3ccc(F)cc3)c3c2CCC3)ccc1O. The summed E-state index contributed by atoms with van der Waals surface area (Å²) in [4.78, 5) is 24.3. The topological polar surface area (TPSA) is 96.3 Å². The molecular formula is C22H19FN4O3. The minimum atomic E-state index is -0.501. The summed E-state index contributed by atoms with van der Waals surface area (Å²) in [7, 11) is 0. The smallest absolute Gasteiger partial charge is 0.256 e. The van der Waals surface area contributed by atoms with Crippen molar-refractivity contribution in [2.45, 2.75) is 19.3 Å².